The van der Waals surface area contributed by atoms with Gasteiger partial charge in [0.2, 0.25) is 5.91 Å². The molecule has 3 N–H and O–H groups in total. The lowest BCUT2D eigenvalue weighted by atomic mass is 9.98. The number of imidazole rings is 1. The summed E-state index contributed by atoms with van der Waals surface area (Å²) in [6.45, 7) is 7.83. The van der Waals surface area contributed by atoms with Crippen molar-refractivity contribution < 1.29 is 23.9 Å². The molecule has 3 heterocycles. The lowest BCUT2D eigenvalue weighted by Crippen LogP contribution is -2.47. The van der Waals surface area contributed by atoms with Crippen LogP contribution in [0.2, 0.25) is 0 Å². The van der Waals surface area contributed by atoms with Crippen molar-refractivity contribution in [1.29, 1.82) is 0 Å². The summed E-state index contributed by atoms with van der Waals surface area (Å²) < 4.78 is 11.8. The first-order valence-electron chi connectivity index (χ1n) is 18.4. The molecule has 2 saturated heterocycles. The van der Waals surface area contributed by atoms with Crippen LogP contribution in [-0.2, 0) is 4.79 Å². The second-order valence-corrected chi connectivity index (χ2v) is 13.9. The van der Waals surface area contributed by atoms with E-state index in [1.807, 2.05) is 42.2 Å². The molecule has 0 saturated carbocycles. The molecule has 2 aliphatic heterocycles. The van der Waals surface area contributed by atoms with Crippen LogP contribution in [0.15, 0.2) is 54.6 Å². The number of rotatable bonds is 13. The molecule has 0 aliphatic carbocycles. The molecular formula is C40H51N7O5. The fraction of sp³-hybridized carbons (Fsp3) is 0.450. The Hall–Kier alpha value is -4.94. The van der Waals surface area contributed by atoms with Gasteiger partial charge in [0, 0.05) is 51.1 Å². The summed E-state index contributed by atoms with van der Waals surface area (Å²) in [5.74, 6) is 1.89. The number of piperidine rings is 1. The summed E-state index contributed by atoms with van der Waals surface area (Å²) in [4.78, 5) is 54.0. The van der Waals surface area contributed by atoms with Gasteiger partial charge in [-0.05, 0) is 107 Å². The highest BCUT2D eigenvalue weighted by atomic mass is 16.5. The normalized spacial score (nSPS) is 15.4. The van der Waals surface area contributed by atoms with E-state index in [-0.39, 0.29) is 17.7 Å². The summed E-state index contributed by atoms with van der Waals surface area (Å²) in [6, 6.07) is 16.3. The SMILES string of the molecule is COc1cc(C(=O)N(C)c2ccc(C)cc2OCCCCCC(=O)N2CCN(C)CC2)ccc1NC(=O)c1cccc2[nH]c(C3CCNCC3)nc12. The van der Waals surface area contributed by atoms with Gasteiger partial charge in [-0.15, -0.1) is 0 Å². The van der Waals surface area contributed by atoms with E-state index >= 15 is 0 Å². The first kappa shape index (κ1) is 36.8. The first-order chi connectivity index (χ1) is 25.2. The highest BCUT2D eigenvalue weighted by molar-refractivity contribution is 6.12. The molecule has 52 heavy (non-hydrogen) atoms. The predicted molar refractivity (Wildman–Crippen MR) is 204 cm³/mol. The molecule has 12 nitrogen and oxygen atoms in total. The van der Waals surface area contributed by atoms with Crippen LogP contribution in [0.4, 0.5) is 11.4 Å². The molecule has 6 rings (SSSR count). The highest BCUT2D eigenvalue weighted by Gasteiger charge is 2.23. The van der Waals surface area contributed by atoms with Crippen LogP contribution in [-0.4, -0.2) is 105 Å². The van der Waals surface area contributed by atoms with Gasteiger partial charge in [-0.3, -0.25) is 14.4 Å². The number of nitrogens with one attached hydrogen (secondary N) is 3. The number of aryl methyl sites for hydroxylation is 1. The third-order valence-corrected chi connectivity index (χ3v) is 10.1. The highest BCUT2D eigenvalue weighted by Crippen LogP contribution is 2.33. The molecule has 0 radical (unpaired) electrons. The summed E-state index contributed by atoms with van der Waals surface area (Å²) in [6.07, 6.45) is 5.07. The number of benzene rings is 3. The number of amides is 3. The predicted octanol–water partition coefficient (Wildman–Crippen LogP) is 5.59. The number of hydrogen-bond acceptors (Lipinski definition) is 8. The summed E-state index contributed by atoms with van der Waals surface area (Å²) in [5.41, 5.74) is 4.43. The third kappa shape index (κ3) is 8.74. The minimum Gasteiger partial charge on any atom is -0.495 e. The molecule has 0 unspecified atom stereocenters. The van der Waals surface area contributed by atoms with Crippen molar-refractivity contribution in [2.24, 2.45) is 0 Å². The maximum absolute atomic E-state index is 13.8. The number of H-pyrrole nitrogens is 1. The first-order valence-corrected chi connectivity index (χ1v) is 18.4. The number of para-hydroxylation sites is 1. The molecule has 1 aromatic heterocycles. The van der Waals surface area contributed by atoms with Crippen molar-refractivity contribution in [3.8, 4) is 11.5 Å². The molecule has 3 amide bonds. The van der Waals surface area contributed by atoms with E-state index in [0.29, 0.717) is 58.5 Å². The molecule has 12 heteroatoms. The number of fused-ring (bicyclic) bond motifs is 1. The van der Waals surface area contributed by atoms with Crippen LogP contribution in [0.3, 0.4) is 0 Å². The number of anilines is 2. The number of carbonyl (C=O) groups excluding carboxylic acids is 3. The molecule has 4 aromatic rings. The second-order valence-electron chi connectivity index (χ2n) is 13.9. The number of aromatic amines is 1. The number of hydrogen-bond donors (Lipinski definition) is 3. The summed E-state index contributed by atoms with van der Waals surface area (Å²) in [7, 11) is 5.31. The monoisotopic (exact) mass is 709 g/mol. The van der Waals surface area contributed by atoms with Crippen molar-refractivity contribution in [2.75, 3.05) is 77.3 Å². The van der Waals surface area contributed by atoms with E-state index in [0.717, 1.165) is 88.3 Å². The number of unbranched alkanes of at least 4 members (excludes halogenated alkanes) is 2. The molecule has 0 atom stereocenters. The van der Waals surface area contributed by atoms with E-state index < -0.39 is 0 Å². The zero-order chi connectivity index (χ0) is 36.6. The number of methoxy groups -OCH3 is 1. The fourth-order valence-electron chi connectivity index (χ4n) is 6.91. The van der Waals surface area contributed by atoms with Crippen LogP contribution in [0.1, 0.15) is 76.5 Å². The zero-order valence-electron chi connectivity index (χ0n) is 30.8. The van der Waals surface area contributed by atoms with Gasteiger partial charge in [0.1, 0.15) is 22.8 Å². The largest absolute Gasteiger partial charge is 0.495 e. The number of nitrogens with zero attached hydrogens (tertiary/aromatic N) is 4. The Morgan fingerprint density at radius 3 is 2.52 bits per heavy atom. The van der Waals surface area contributed by atoms with Gasteiger partial charge in [0.05, 0.1) is 36.2 Å². The topological polar surface area (TPSA) is 132 Å². The minimum absolute atomic E-state index is 0.232. The van der Waals surface area contributed by atoms with Crippen molar-refractivity contribution in [3.05, 3.63) is 77.1 Å². The van der Waals surface area contributed by atoms with Crippen LogP contribution < -0.4 is 25.0 Å². The average Bonchev–Trinajstić information content (AvgIpc) is 3.61. The number of aromatic nitrogens is 2. The lowest BCUT2D eigenvalue weighted by Gasteiger charge is -2.32. The molecule has 0 bridgehead atoms. The minimum atomic E-state index is -0.313. The summed E-state index contributed by atoms with van der Waals surface area (Å²) in [5, 5.41) is 6.35. The number of piperazine rings is 1. The molecule has 3 aromatic carbocycles. The Bertz CT molecular complexity index is 1880. The van der Waals surface area contributed by atoms with Crippen molar-refractivity contribution >= 4 is 40.1 Å². The van der Waals surface area contributed by atoms with Gasteiger partial charge in [-0.25, -0.2) is 4.98 Å². The van der Waals surface area contributed by atoms with E-state index in [4.69, 9.17) is 14.5 Å². The van der Waals surface area contributed by atoms with Crippen molar-refractivity contribution in [3.63, 3.8) is 0 Å². The molecular weight excluding hydrogens is 658 g/mol. The number of ether oxygens (including phenoxy) is 2. The second kappa shape index (κ2) is 17.1. The maximum Gasteiger partial charge on any atom is 0.258 e. The van der Waals surface area contributed by atoms with E-state index in [1.54, 1.807) is 36.2 Å². The third-order valence-electron chi connectivity index (χ3n) is 10.1. The lowest BCUT2D eigenvalue weighted by molar-refractivity contribution is -0.132. The van der Waals surface area contributed by atoms with Crippen molar-refractivity contribution in [1.82, 2.24) is 25.1 Å². The van der Waals surface area contributed by atoms with Crippen LogP contribution >= 0.6 is 0 Å². The van der Waals surface area contributed by atoms with E-state index in [9.17, 15) is 14.4 Å². The molecule has 2 fully saturated rings. The zero-order valence-corrected chi connectivity index (χ0v) is 30.8. The van der Waals surface area contributed by atoms with Crippen LogP contribution in [0.5, 0.6) is 11.5 Å². The van der Waals surface area contributed by atoms with Gasteiger partial charge in [-0.2, -0.15) is 0 Å². The van der Waals surface area contributed by atoms with Gasteiger partial charge >= 0.3 is 0 Å². The quantitative estimate of drug-likeness (QED) is 0.153. The maximum atomic E-state index is 13.8. The van der Waals surface area contributed by atoms with Crippen LogP contribution in [0.25, 0.3) is 11.0 Å². The smallest absolute Gasteiger partial charge is 0.258 e. The summed E-state index contributed by atoms with van der Waals surface area (Å²) >= 11 is 0. The van der Waals surface area contributed by atoms with Crippen molar-refractivity contribution in [2.45, 2.75) is 51.4 Å². The Kier molecular flexibility index (Phi) is 12.1. The Morgan fingerprint density at radius 1 is 0.962 bits per heavy atom. The molecule has 276 valence electrons. The number of carbonyl (C=O) groups is 3. The molecule has 0 spiro atoms. The molecule has 2 aliphatic rings. The fourth-order valence-corrected chi connectivity index (χ4v) is 6.91. The average molecular weight is 710 g/mol. The van der Waals surface area contributed by atoms with E-state index in [1.165, 1.54) is 7.11 Å². The number of likely N-dealkylation sites (N-methyl/N-ethyl adjacent to an activating group) is 1. The van der Waals surface area contributed by atoms with Gasteiger partial charge in [0.25, 0.3) is 11.8 Å². The van der Waals surface area contributed by atoms with E-state index in [2.05, 4.69) is 27.6 Å². The van der Waals surface area contributed by atoms with Gasteiger partial charge < -0.3 is 39.8 Å². The standard InChI is InChI=1S/C40H51N7O5/c1-27-12-15-33(35(25-27)52-24-7-5-6-11-36(48)47-22-20-45(2)21-23-47)46(3)40(50)29-13-14-31(34(26-29)51-4)43-39(49)30-9-8-10-32-37(30)44-38(42-32)28-16-18-41-19-17-28/h8-10,12-15,25-26,28,41H,5-7,11,16-24H2,1-4H3,(H,42,44)(H,43,49). The van der Waals surface area contributed by atoms with Gasteiger partial charge in [0.15, 0.2) is 0 Å². The Labute approximate surface area is 305 Å². The van der Waals surface area contributed by atoms with Crippen LogP contribution in [0, 0.1) is 6.92 Å². The van der Waals surface area contributed by atoms with Gasteiger partial charge in [-0.1, -0.05) is 12.1 Å². The Morgan fingerprint density at radius 2 is 1.75 bits per heavy atom. The Balaban J connectivity index is 1.07.